The number of anilines is 1. The number of fused-ring (bicyclic) bond motifs is 1. The molecule has 30 heavy (non-hydrogen) atoms. The van der Waals surface area contributed by atoms with Crippen LogP contribution >= 0.6 is 0 Å². The van der Waals surface area contributed by atoms with Gasteiger partial charge < -0.3 is 10.6 Å². The van der Waals surface area contributed by atoms with Crippen molar-refractivity contribution in [1.29, 1.82) is 0 Å². The molecule has 1 aromatic heterocycles. The number of aromatic nitrogens is 2. The van der Waals surface area contributed by atoms with Crippen molar-refractivity contribution in [2.45, 2.75) is 19.3 Å². The Morgan fingerprint density at radius 2 is 2.03 bits per heavy atom. The minimum atomic E-state index is -3.33. The molecule has 10 heteroatoms. The molecule has 2 N–H and O–H groups in total. The predicted octanol–water partition coefficient (Wildman–Crippen LogP) is 1.72. The first-order chi connectivity index (χ1) is 14.1. The van der Waals surface area contributed by atoms with Crippen molar-refractivity contribution in [3.8, 4) is 11.3 Å². The van der Waals surface area contributed by atoms with Gasteiger partial charge in [0, 0.05) is 35.5 Å². The number of nitrogens with one attached hydrogen (secondary N) is 2. The van der Waals surface area contributed by atoms with E-state index in [9.17, 15) is 13.2 Å². The number of carbonyl (C=O) groups is 1. The molecular formula is C20H22N6O3S. The molecule has 156 valence electrons. The summed E-state index contributed by atoms with van der Waals surface area (Å²) < 4.78 is 24.3. The van der Waals surface area contributed by atoms with Crippen LogP contribution in [0.2, 0.25) is 0 Å². The van der Waals surface area contributed by atoms with E-state index in [4.69, 9.17) is 0 Å². The van der Waals surface area contributed by atoms with E-state index in [-0.39, 0.29) is 18.0 Å². The molecule has 0 aliphatic carbocycles. The van der Waals surface area contributed by atoms with E-state index in [1.54, 1.807) is 18.3 Å². The maximum Gasteiger partial charge on any atom is 0.251 e. The molecule has 2 aliphatic heterocycles. The number of aliphatic imine (C=N–C) groups is 1. The molecule has 0 bridgehead atoms. The quantitative estimate of drug-likeness (QED) is 0.772. The molecule has 0 radical (unpaired) electrons. The molecule has 0 atom stereocenters. The Balaban J connectivity index is 1.59. The average Bonchev–Trinajstić information content (AvgIpc) is 2.71. The summed E-state index contributed by atoms with van der Waals surface area (Å²) >= 11 is 0. The maximum absolute atomic E-state index is 12.2. The third-order valence-electron chi connectivity index (χ3n) is 5.08. The van der Waals surface area contributed by atoms with Gasteiger partial charge in [-0.1, -0.05) is 19.9 Å². The van der Waals surface area contributed by atoms with E-state index in [0.717, 1.165) is 21.7 Å². The third-order valence-corrected chi connectivity index (χ3v) is 6.17. The number of hydrogen-bond donors (Lipinski definition) is 2. The van der Waals surface area contributed by atoms with Crippen LogP contribution in [-0.4, -0.2) is 53.9 Å². The highest BCUT2D eigenvalue weighted by Crippen LogP contribution is 2.32. The van der Waals surface area contributed by atoms with Crippen molar-refractivity contribution in [1.82, 2.24) is 19.6 Å². The van der Waals surface area contributed by atoms with Gasteiger partial charge in [0.25, 0.3) is 5.91 Å². The largest absolute Gasteiger partial charge is 0.351 e. The Morgan fingerprint density at radius 3 is 2.73 bits per heavy atom. The van der Waals surface area contributed by atoms with Crippen molar-refractivity contribution in [2.24, 2.45) is 4.99 Å². The highest BCUT2D eigenvalue weighted by Gasteiger charge is 2.31. The van der Waals surface area contributed by atoms with Crippen LogP contribution in [0.15, 0.2) is 47.7 Å². The zero-order valence-corrected chi connectivity index (χ0v) is 17.7. The fraction of sp³-hybridized carbons (Fsp3) is 0.300. The molecule has 1 amide bonds. The monoisotopic (exact) mass is 426 g/mol. The molecule has 0 unspecified atom stereocenters. The Hall–Kier alpha value is -3.27. The minimum Gasteiger partial charge on any atom is -0.351 e. The topological polar surface area (TPSA) is 117 Å². The van der Waals surface area contributed by atoms with Gasteiger partial charge in [-0.3, -0.25) is 9.10 Å². The molecule has 0 fully saturated rings. The summed E-state index contributed by atoms with van der Waals surface area (Å²) in [7, 11) is -3.33. The zero-order valence-electron chi connectivity index (χ0n) is 16.9. The van der Waals surface area contributed by atoms with Crippen molar-refractivity contribution < 1.29 is 13.2 Å². The molecule has 0 saturated heterocycles. The van der Waals surface area contributed by atoms with Gasteiger partial charge in [0.1, 0.15) is 12.5 Å². The highest BCUT2D eigenvalue weighted by molar-refractivity contribution is 7.88. The summed E-state index contributed by atoms with van der Waals surface area (Å²) in [6, 6.07) is 7.49. The lowest BCUT2D eigenvalue weighted by atomic mass is 9.78. The fourth-order valence-corrected chi connectivity index (χ4v) is 3.89. The van der Waals surface area contributed by atoms with E-state index >= 15 is 0 Å². The molecule has 3 heterocycles. The number of rotatable bonds is 3. The first-order valence-electron chi connectivity index (χ1n) is 9.36. The number of benzene rings is 1. The number of amidine groups is 1. The lowest BCUT2D eigenvalue weighted by molar-refractivity contribution is 0.0930. The highest BCUT2D eigenvalue weighted by atomic mass is 32.2. The Kier molecular flexibility index (Phi) is 4.81. The van der Waals surface area contributed by atoms with Gasteiger partial charge in [0.2, 0.25) is 16.0 Å². The molecule has 2 aliphatic rings. The SMILES string of the molecule is CC1(C)CNC(=O)c2ccc(-c3ccnc(NC4=NCN(S(C)(=O)=O)C=C4)n3)cc21. The first kappa shape index (κ1) is 20.0. The second-order valence-corrected chi connectivity index (χ2v) is 9.80. The van der Waals surface area contributed by atoms with Crippen LogP contribution in [0.25, 0.3) is 11.3 Å². The molecule has 2 aromatic rings. The summed E-state index contributed by atoms with van der Waals surface area (Å²) in [5.41, 5.74) is 3.07. The summed E-state index contributed by atoms with van der Waals surface area (Å²) in [5, 5.41) is 5.92. The first-order valence-corrected chi connectivity index (χ1v) is 11.2. The van der Waals surface area contributed by atoms with Gasteiger partial charge in [0.05, 0.1) is 11.9 Å². The normalized spacial score (nSPS) is 17.8. The van der Waals surface area contributed by atoms with Crippen molar-refractivity contribution >= 4 is 27.7 Å². The number of hydrogen-bond acceptors (Lipinski definition) is 7. The van der Waals surface area contributed by atoms with Crippen LogP contribution in [0.5, 0.6) is 0 Å². The van der Waals surface area contributed by atoms with Gasteiger partial charge in [-0.25, -0.2) is 23.4 Å². The Labute approximate surface area is 175 Å². The van der Waals surface area contributed by atoms with E-state index in [2.05, 4.69) is 39.4 Å². The molecule has 0 saturated carbocycles. The van der Waals surface area contributed by atoms with E-state index in [1.165, 1.54) is 6.20 Å². The fourth-order valence-electron chi connectivity index (χ4n) is 3.34. The van der Waals surface area contributed by atoms with E-state index in [1.807, 2.05) is 18.2 Å². The number of amides is 1. The predicted molar refractivity (Wildman–Crippen MR) is 115 cm³/mol. The van der Waals surface area contributed by atoms with Crippen LogP contribution < -0.4 is 10.6 Å². The third kappa shape index (κ3) is 3.90. The van der Waals surface area contributed by atoms with Crippen molar-refractivity contribution in [2.75, 3.05) is 24.8 Å². The molecule has 9 nitrogen and oxygen atoms in total. The summed E-state index contributed by atoms with van der Waals surface area (Å²) in [4.78, 5) is 25.1. The van der Waals surface area contributed by atoms with Crippen LogP contribution in [0.4, 0.5) is 5.95 Å². The summed E-state index contributed by atoms with van der Waals surface area (Å²) in [5.74, 6) is 0.750. The minimum absolute atomic E-state index is 0.000668. The Bertz CT molecular complexity index is 1190. The van der Waals surface area contributed by atoms with Gasteiger partial charge in [-0.2, -0.15) is 0 Å². The number of carbonyl (C=O) groups excluding carboxylic acids is 1. The van der Waals surface area contributed by atoms with Crippen LogP contribution in [0, 0.1) is 0 Å². The molecule has 4 rings (SSSR count). The van der Waals surface area contributed by atoms with E-state index in [0.29, 0.717) is 29.6 Å². The van der Waals surface area contributed by atoms with Gasteiger partial charge in [-0.05, 0) is 29.8 Å². The standard InChI is InChI=1S/C20H22N6O3S/c1-20(2)11-22-18(27)14-5-4-13(10-15(14)20)16-6-8-21-19(24-16)25-17-7-9-26(12-23-17)30(3,28)29/h4-10H,11-12H2,1-3H3,(H,22,27)(H,21,23,24,25). The van der Waals surface area contributed by atoms with Crippen LogP contribution in [0.1, 0.15) is 29.8 Å². The lowest BCUT2D eigenvalue weighted by Crippen LogP contribution is -2.43. The molecule has 1 aromatic carbocycles. The van der Waals surface area contributed by atoms with Crippen LogP contribution in [-0.2, 0) is 15.4 Å². The van der Waals surface area contributed by atoms with Crippen molar-refractivity contribution in [3.05, 3.63) is 53.9 Å². The number of nitrogens with zero attached hydrogens (tertiary/aromatic N) is 4. The number of sulfonamides is 1. The lowest BCUT2D eigenvalue weighted by Gasteiger charge is -2.32. The Morgan fingerprint density at radius 1 is 1.23 bits per heavy atom. The smallest absolute Gasteiger partial charge is 0.251 e. The second-order valence-electron chi connectivity index (χ2n) is 7.87. The van der Waals surface area contributed by atoms with Crippen molar-refractivity contribution in [3.63, 3.8) is 0 Å². The van der Waals surface area contributed by atoms with Gasteiger partial charge >= 0.3 is 0 Å². The van der Waals surface area contributed by atoms with Crippen LogP contribution in [0.3, 0.4) is 0 Å². The van der Waals surface area contributed by atoms with E-state index < -0.39 is 10.0 Å². The maximum atomic E-state index is 12.2. The van der Waals surface area contributed by atoms with Gasteiger partial charge in [0.15, 0.2) is 0 Å². The average molecular weight is 427 g/mol. The van der Waals surface area contributed by atoms with Gasteiger partial charge in [-0.15, -0.1) is 0 Å². The summed E-state index contributed by atoms with van der Waals surface area (Å²) in [6.07, 6.45) is 5.77. The molecule has 0 spiro atoms. The summed E-state index contributed by atoms with van der Waals surface area (Å²) in [6.45, 7) is 4.76. The second kappa shape index (κ2) is 7.21. The molecular weight excluding hydrogens is 404 g/mol. The zero-order chi connectivity index (χ0) is 21.5.